The summed E-state index contributed by atoms with van der Waals surface area (Å²) in [5.74, 6) is -6.90. The molecule has 3 aliphatic rings. The van der Waals surface area contributed by atoms with Gasteiger partial charge in [0.25, 0.3) is 23.4 Å². The van der Waals surface area contributed by atoms with Gasteiger partial charge in [-0.2, -0.15) is 5.01 Å². The van der Waals surface area contributed by atoms with E-state index in [0.29, 0.717) is 15.0 Å². The van der Waals surface area contributed by atoms with Gasteiger partial charge in [-0.05, 0) is 36.4 Å². The molecule has 2 aromatic carbocycles. The van der Waals surface area contributed by atoms with Gasteiger partial charge in [0.05, 0.1) is 26.8 Å². The molecule has 2 aromatic rings. The average molecular weight is 687 g/mol. The van der Waals surface area contributed by atoms with Crippen molar-refractivity contribution in [2.24, 2.45) is 11.8 Å². The molecule has 0 spiro atoms. The zero-order valence-corrected chi connectivity index (χ0v) is 24.7. The van der Waals surface area contributed by atoms with Crippen LogP contribution in [0.4, 0.5) is 5.69 Å². The summed E-state index contributed by atoms with van der Waals surface area (Å²) < 4.78 is -2.20. The molecule has 9 nitrogen and oxygen atoms in total. The Morgan fingerprint density at radius 1 is 0.825 bits per heavy atom. The molecule has 208 valence electrons. The molecule has 1 saturated heterocycles. The Bertz CT molecular complexity index is 1500. The minimum absolute atomic E-state index is 0.112. The third kappa shape index (κ3) is 3.75. The smallest absolute Gasteiger partial charge is 0.273 e. The quantitative estimate of drug-likeness (QED) is 0.122. The number of ketones is 1. The number of hydrogen-bond acceptors (Lipinski definition) is 6. The van der Waals surface area contributed by atoms with Gasteiger partial charge in [-0.25, -0.2) is 5.01 Å². The summed E-state index contributed by atoms with van der Waals surface area (Å²) in [6, 6.07) is 9.99. The van der Waals surface area contributed by atoms with E-state index < -0.39 is 60.9 Å². The molecule has 2 aliphatic carbocycles. The number of amides is 3. The first kappa shape index (κ1) is 29.4. The number of hydrazine groups is 1. The fourth-order valence-electron chi connectivity index (χ4n) is 5.19. The van der Waals surface area contributed by atoms with Gasteiger partial charge in [-0.3, -0.25) is 29.3 Å². The zero-order chi connectivity index (χ0) is 29.5. The molecule has 40 heavy (non-hydrogen) atoms. The maximum Gasteiger partial charge on any atom is 0.273 e. The number of imide groups is 1. The predicted octanol–water partition coefficient (Wildman–Crippen LogP) is 5.94. The number of nitro benzene ring substituents is 1. The lowest BCUT2D eigenvalue weighted by atomic mass is 9.84. The van der Waals surface area contributed by atoms with E-state index in [1.807, 2.05) is 0 Å². The Labute approximate surface area is 260 Å². The number of hydrogen-bond donors (Lipinski definition) is 0. The number of nitro groups is 1. The van der Waals surface area contributed by atoms with Crippen molar-refractivity contribution in [3.63, 3.8) is 0 Å². The first-order valence-corrected chi connectivity index (χ1v) is 13.8. The highest BCUT2D eigenvalue weighted by Crippen LogP contribution is 2.77. The van der Waals surface area contributed by atoms with Crippen LogP contribution in [0.25, 0.3) is 0 Å². The van der Waals surface area contributed by atoms with Crippen LogP contribution in [-0.4, -0.2) is 59.1 Å². The van der Waals surface area contributed by atoms with Gasteiger partial charge < -0.3 is 0 Å². The van der Waals surface area contributed by atoms with Gasteiger partial charge >= 0.3 is 0 Å². The van der Waals surface area contributed by atoms with Gasteiger partial charge in [0, 0.05) is 28.3 Å². The molecule has 0 aromatic heterocycles. The standard InChI is InChI=1S/C24H12Cl7N3O6/c25-12-5-1-10(2-6-12)14(35)9-32(19(36)11-3-7-13(8-4-11)34(39)40)33-20(37)15-16(21(33)38)23(29)18(27)17(26)22(15,28)24(23,30)31/h1-8,15-16H,9H2/t15-,16-,22+,23+/m0/s1. The number of Topliss-reactive ketones (excluding diaryl/α,β-unsaturated/α-hetero) is 1. The van der Waals surface area contributed by atoms with Crippen molar-refractivity contribution in [1.29, 1.82) is 0 Å². The van der Waals surface area contributed by atoms with E-state index in [1.165, 1.54) is 24.3 Å². The Balaban J connectivity index is 1.59. The van der Waals surface area contributed by atoms with Crippen molar-refractivity contribution in [1.82, 2.24) is 10.0 Å². The Morgan fingerprint density at radius 3 is 1.73 bits per heavy atom. The molecule has 5 rings (SSSR count). The summed E-state index contributed by atoms with van der Waals surface area (Å²) >= 11 is 45.1. The zero-order valence-electron chi connectivity index (χ0n) is 19.4. The molecule has 0 unspecified atom stereocenters. The van der Waals surface area contributed by atoms with Gasteiger partial charge in [0.2, 0.25) is 0 Å². The van der Waals surface area contributed by atoms with Crippen molar-refractivity contribution in [2.45, 2.75) is 14.1 Å². The monoisotopic (exact) mass is 683 g/mol. The lowest BCUT2D eigenvalue weighted by molar-refractivity contribution is -0.384. The third-order valence-corrected chi connectivity index (χ3v) is 11.7. The average Bonchev–Trinajstić information content (AvgIpc) is 3.30. The van der Waals surface area contributed by atoms with Crippen LogP contribution in [0.3, 0.4) is 0 Å². The number of carbonyl (C=O) groups excluding carboxylic acids is 4. The van der Waals surface area contributed by atoms with E-state index in [2.05, 4.69) is 0 Å². The number of fused-ring (bicyclic) bond motifs is 5. The normalized spacial score (nSPS) is 28.2. The minimum atomic E-state index is -2.20. The van der Waals surface area contributed by atoms with E-state index in [1.54, 1.807) is 0 Å². The van der Waals surface area contributed by atoms with Crippen LogP contribution in [0.5, 0.6) is 0 Å². The molecule has 2 fully saturated rings. The maximum absolute atomic E-state index is 13.9. The highest BCUT2D eigenvalue weighted by molar-refractivity contribution is 6.66. The fourth-order valence-corrected chi connectivity index (χ4v) is 8.24. The minimum Gasteiger partial charge on any atom is -0.292 e. The van der Waals surface area contributed by atoms with E-state index in [9.17, 15) is 29.3 Å². The molecule has 1 saturated carbocycles. The van der Waals surface area contributed by atoms with Crippen LogP contribution < -0.4 is 0 Å². The number of carbonyl (C=O) groups is 4. The number of alkyl halides is 4. The van der Waals surface area contributed by atoms with Crippen molar-refractivity contribution in [3.8, 4) is 0 Å². The second-order valence-electron chi connectivity index (χ2n) is 9.17. The van der Waals surface area contributed by atoms with E-state index >= 15 is 0 Å². The molecule has 0 radical (unpaired) electrons. The Hall–Kier alpha value is -2.11. The molecular formula is C24H12Cl7N3O6. The van der Waals surface area contributed by atoms with Crippen molar-refractivity contribution >= 4 is 110 Å². The first-order valence-electron chi connectivity index (χ1n) is 11.1. The van der Waals surface area contributed by atoms with Crippen molar-refractivity contribution < 1.29 is 24.1 Å². The molecule has 0 N–H and O–H groups in total. The summed E-state index contributed by atoms with van der Waals surface area (Å²) in [5, 5.41) is 11.8. The third-order valence-electron chi connectivity index (χ3n) is 7.15. The molecule has 4 atom stereocenters. The second-order valence-corrected chi connectivity index (χ2v) is 12.9. The Kier molecular flexibility index (Phi) is 7.15. The number of non-ortho nitro benzene ring substituents is 1. The summed E-state index contributed by atoms with van der Waals surface area (Å²) in [6.07, 6.45) is 0. The highest BCUT2D eigenvalue weighted by Gasteiger charge is 2.88. The van der Waals surface area contributed by atoms with Crippen LogP contribution in [0.2, 0.25) is 5.02 Å². The number of halogens is 7. The number of allylic oxidation sites excluding steroid dienone is 2. The van der Waals surface area contributed by atoms with Crippen LogP contribution >= 0.6 is 81.2 Å². The number of rotatable bonds is 6. The predicted molar refractivity (Wildman–Crippen MR) is 149 cm³/mol. The van der Waals surface area contributed by atoms with Gasteiger partial charge in [-0.15, -0.1) is 23.2 Å². The molecule has 1 heterocycles. The Morgan fingerprint density at radius 2 is 1.27 bits per heavy atom. The maximum atomic E-state index is 13.9. The van der Waals surface area contributed by atoms with E-state index in [-0.39, 0.29) is 26.9 Å². The van der Waals surface area contributed by atoms with Gasteiger partial charge in [0.15, 0.2) is 10.1 Å². The lowest BCUT2D eigenvalue weighted by Crippen LogP contribution is -2.56. The van der Waals surface area contributed by atoms with Crippen molar-refractivity contribution in [2.75, 3.05) is 6.54 Å². The fraction of sp³-hybridized carbons (Fsp3) is 0.250. The van der Waals surface area contributed by atoms with Crippen LogP contribution in [0.15, 0.2) is 58.6 Å². The number of benzene rings is 2. The topological polar surface area (TPSA) is 118 Å². The lowest BCUT2D eigenvalue weighted by Gasteiger charge is -2.36. The summed E-state index contributed by atoms with van der Waals surface area (Å²) in [6.45, 7) is -0.805. The summed E-state index contributed by atoms with van der Waals surface area (Å²) in [5.41, 5.74) is -0.375. The summed E-state index contributed by atoms with van der Waals surface area (Å²) in [4.78, 5) is 60.8. The van der Waals surface area contributed by atoms with Crippen molar-refractivity contribution in [3.05, 3.63) is 84.9 Å². The van der Waals surface area contributed by atoms with Crippen LogP contribution in [-0.2, 0) is 9.59 Å². The molecule has 1 aliphatic heterocycles. The summed E-state index contributed by atoms with van der Waals surface area (Å²) in [7, 11) is 0. The van der Waals surface area contributed by atoms with E-state index in [4.69, 9.17) is 81.2 Å². The second kappa shape index (κ2) is 9.73. The largest absolute Gasteiger partial charge is 0.292 e. The molecule has 3 amide bonds. The van der Waals surface area contributed by atoms with Crippen LogP contribution in [0, 0.1) is 22.0 Å². The van der Waals surface area contributed by atoms with Gasteiger partial charge in [0.1, 0.15) is 16.3 Å². The SMILES string of the molecule is O=C(CN(C(=O)c1ccc([N+](=O)[O-])cc1)N1C(=O)[C@@H]2[C@@H](C1=O)[C@@]1(Cl)C(Cl)=C(Cl)[C@@]2(Cl)C1(Cl)Cl)c1ccc(Cl)cc1. The van der Waals surface area contributed by atoms with Crippen LogP contribution in [0.1, 0.15) is 20.7 Å². The molecule has 16 heteroatoms. The highest BCUT2D eigenvalue weighted by atomic mass is 35.5. The van der Waals surface area contributed by atoms with Gasteiger partial charge in [-0.1, -0.05) is 58.0 Å². The molecule has 2 bridgehead atoms. The first-order chi connectivity index (χ1) is 18.6. The molecular weight excluding hydrogens is 674 g/mol. The van der Waals surface area contributed by atoms with E-state index in [0.717, 1.165) is 24.3 Å². The number of nitrogens with zero attached hydrogens (tertiary/aromatic N) is 3.